The lowest BCUT2D eigenvalue weighted by atomic mass is 9.91. The van der Waals surface area contributed by atoms with Crippen LogP contribution in [0.15, 0.2) is 73.5 Å². The topological polar surface area (TPSA) is 94.6 Å². The molecule has 2 aromatic heterocycles. The molecule has 6 rings (SSSR count). The number of benzene rings is 1. The Morgan fingerprint density at radius 3 is 2.87 bits per heavy atom. The fraction of sp³-hybridized carbons (Fsp3) is 0.241. The Morgan fingerprint density at radius 2 is 2.08 bits per heavy atom. The highest BCUT2D eigenvalue weighted by Gasteiger charge is 2.45. The summed E-state index contributed by atoms with van der Waals surface area (Å²) in [6, 6.07) is 10.2. The lowest BCUT2D eigenvalue weighted by molar-refractivity contribution is -0.127. The molecule has 1 aliphatic carbocycles. The zero-order valence-corrected chi connectivity index (χ0v) is 21.8. The van der Waals surface area contributed by atoms with E-state index in [1.54, 1.807) is 17.0 Å². The molecule has 8 nitrogen and oxygen atoms in total. The molecule has 3 aliphatic rings. The number of carbonyl (C=O) groups excluding carboxylic acids is 3. The molecule has 0 saturated carbocycles. The maximum Gasteiger partial charge on any atom is 0.329 e. The summed E-state index contributed by atoms with van der Waals surface area (Å²) < 4.78 is 16.7. The molecule has 2 N–H and O–H groups in total. The number of allylic oxidation sites excluding steroid dienone is 2. The van der Waals surface area contributed by atoms with E-state index in [1.807, 2.05) is 36.4 Å². The normalized spacial score (nSPS) is 22.3. The third-order valence-electron chi connectivity index (χ3n) is 7.30. The summed E-state index contributed by atoms with van der Waals surface area (Å²) in [5.74, 6) is -2.66. The predicted octanol–water partition coefficient (Wildman–Crippen LogP) is 5.26. The molecule has 0 spiro atoms. The average Bonchev–Trinajstić information content (AvgIpc) is 3.32. The van der Waals surface area contributed by atoms with E-state index in [4.69, 9.17) is 0 Å². The Bertz CT molecular complexity index is 1570. The second kappa shape index (κ2) is 9.77. The van der Waals surface area contributed by atoms with Crippen molar-refractivity contribution in [1.29, 1.82) is 0 Å². The maximum absolute atomic E-state index is 16.7. The summed E-state index contributed by atoms with van der Waals surface area (Å²) in [6.45, 7) is 4.54. The van der Waals surface area contributed by atoms with E-state index in [0.29, 0.717) is 39.6 Å². The van der Waals surface area contributed by atoms with Crippen LogP contribution in [0.25, 0.3) is 15.8 Å². The third kappa shape index (κ3) is 4.40. The molecule has 10 heteroatoms. The highest BCUT2D eigenvalue weighted by Crippen LogP contribution is 2.48. The molecule has 39 heavy (non-hydrogen) atoms. The average molecular weight is 544 g/mol. The quantitative estimate of drug-likeness (QED) is 0.339. The predicted molar refractivity (Wildman–Crippen MR) is 150 cm³/mol. The van der Waals surface area contributed by atoms with Gasteiger partial charge in [0.15, 0.2) is 0 Å². The summed E-state index contributed by atoms with van der Waals surface area (Å²) in [5.41, 5.74) is 2.34. The molecule has 198 valence electrons. The first-order valence-electron chi connectivity index (χ1n) is 12.8. The van der Waals surface area contributed by atoms with Gasteiger partial charge in [-0.05, 0) is 42.2 Å². The van der Waals surface area contributed by atoms with Crippen LogP contribution in [-0.4, -0.2) is 52.7 Å². The molecule has 3 aromatic rings. The van der Waals surface area contributed by atoms with Crippen LogP contribution in [0.4, 0.5) is 20.6 Å². The Balaban J connectivity index is 1.31. The Hall–Kier alpha value is -4.31. The highest BCUT2D eigenvalue weighted by molar-refractivity contribution is 7.21. The number of nitrogens with zero attached hydrogens (tertiary/aromatic N) is 3. The van der Waals surface area contributed by atoms with Crippen LogP contribution < -0.4 is 15.5 Å². The van der Waals surface area contributed by atoms with E-state index >= 15 is 4.39 Å². The highest BCUT2D eigenvalue weighted by atomic mass is 32.1. The molecular formula is C29H26FN5O3S. The van der Waals surface area contributed by atoms with E-state index in [1.165, 1.54) is 18.3 Å². The fourth-order valence-electron chi connectivity index (χ4n) is 5.49. The summed E-state index contributed by atoms with van der Waals surface area (Å²) in [4.78, 5) is 46.9. The van der Waals surface area contributed by atoms with E-state index < -0.39 is 11.8 Å². The van der Waals surface area contributed by atoms with Crippen LogP contribution in [0.5, 0.6) is 0 Å². The largest absolute Gasteiger partial charge is 0.347 e. The third-order valence-corrected chi connectivity index (χ3v) is 8.40. The molecule has 1 fully saturated rings. The van der Waals surface area contributed by atoms with Crippen molar-refractivity contribution in [2.45, 2.75) is 31.1 Å². The van der Waals surface area contributed by atoms with Gasteiger partial charge in [-0.3, -0.25) is 14.5 Å². The second-order valence-electron chi connectivity index (χ2n) is 9.80. The lowest BCUT2D eigenvalue weighted by Crippen LogP contribution is -2.52. The Morgan fingerprint density at radius 1 is 1.26 bits per heavy atom. The minimum Gasteiger partial charge on any atom is -0.347 e. The van der Waals surface area contributed by atoms with E-state index in [0.717, 1.165) is 40.2 Å². The van der Waals surface area contributed by atoms with Crippen LogP contribution in [0.2, 0.25) is 0 Å². The van der Waals surface area contributed by atoms with Crippen LogP contribution in [0.1, 0.15) is 34.5 Å². The zero-order chi connectivity index (χ0) is 27.1. The first kappa shape index (κ1) is 25.0. The molecule has 1 aromatic carbocycles. The number of urea groups is 1. The molecule has 0 bridgehead atoms. The van der Waals surface area contributed by atoms with Crippen molar-refractivity contribution in [2.75, 3.05) is 23.3 Å². The van der Waals surface area contributed by atoms with E-state index in [-0.39, 0.29) is 24.3 Å². The first-order chi connectivity index (χ1) is 18.9. The zero-order valence-electron chi connectivity index (χ0n) is 21.0. The van der Waals surface area contributed by atoms with Gasteiger partial charge in [-0.25, -0.2) is 14.2 Å². The molecule has 4 amide bonds. The lowest BCUT2D eigenvalue weighted by Gasteiger charge is -2.39. The Labute approximate surface area is 228 Å². The van der Waals surface area contributed by atoms with Crippen molar-refractivity contribution in [1.82, 2.24) is 15.2 Å². The van der Waals surface area contributed by atoms with Crippen LogP contribution in [0.3, 0.4) is 0 Å². The number of rotatable bonds is 5. The Kier molecular flexibility index (Phi) is 6.26. The van der Waals surface area contributed by atoms with Gasteiger partial charge in [0, 0.05) is 31.7 Å². The van der Waals surface area contributed by atoms with Gasteiger partial charge in [0.25, 0.3) is 5.91 Å². The molecule has 2 atom stereocenters. The molecule has 1 saturated heterocycles. The van der Waals surface area contributed by atoms with Gasteiger partial charge < -0.3 is 15.5 Å². The van der Waals surface area contributed by atoms with Crippen molar-refractivity contribution < 1.29 is 18.8 Å². The number of pyridine rings is 1. The number of piperidine rings is 1. The van der Waals surface area contributed by atoms with Gasteiger partial charge >= 0.3 is 6.03 Å². The van der Waals surface area contributed by atoms with Gasteiger partial charge in [0.05, 0.1) is 16.8 Å². The number of amides is 4. The monoisotopic (exact) mass is 543 g/mol. The van der Waals surface area contributed by atoms with Crippen LogP contribution in [-0.2, 0) is 4.79 Å². The van der Waals surface area contributed by atoms with Gasteiger partial charge in [-0.2, -0.15) is 0 Å². The first-order valence-corrected chi connectivity index (χ1v) is 13.6. The number of halogens is 1. The van der Waals surface area contributed by atoms with Crippen molar-refractivity contribution in [2.24, 2.45) is 0 Å². The fourth-order valence-corrected chi connectivity index (χ4v) is 6.51. The molecular weight excluding hydrogens is 517 g/mol. The molecule has 0 radical (unpaired) electrons. The van der Waals surface area contributed by atoms with Crippen molar-refractivity contribution >= 4 is 56.3 Å². The maximum atomic E-state index is 16.7. The number of aromatic nitrogens is 1. The summed E-state index contributed by atoms with van der Waals surface area (Å²) >= 11 is 1.14. The number of anilines is 2. The SMILES string of the molecule is C=CC(=O)N1CCCC(NC(=O)c2sc3nccc4c3c2NC(=O)N4[C@]2(F)C=CC=C(c3ccccc3)C2)C1. The number of likely N-dealkylation sites (tertiary alicyclic amines) is 1. The van der Waals surface area contributed by atoms with Gasteiger partial charge in [-0.1, -0.05) is 49.1 Å². The summed E-state index contributed by atoms with van der Waals surface area (Å²) in [7, 11) is 0. The molecule has 1 unspecified atom stereocenters. The van der Waals surface area contributed by atoms with Gasteiger partial charge in [-0.15, -0.1) is 11.3 Å². The van der Waals surface area contributed by atoms with Crippen molar-refractivity contribution in [3.63, 3.8) is 0 Å². The smallest absolute Gasteiger partial charge is 0.329 e. The second-order valence-corrected chi connectivity index (χ2v) is 10.8. The van der Waals surface area contributed by atoms with Crippen LogP contribution >= 0.6 is 11.3 Å². The van der Waals surface area contributed by atoms with E-state index in [9.17, 15) is 14.4 Å². The minimum absolute atomic E-state index is 0.0286. The number of hydrogen-bond acceptors (Lipinski definition) is 5. The summed E-state index contributed by atoms with van der Waals surface area (Å²) in [5, 5.41) is 6.31. The van der Waals surface area contributed by atoms with E-state index in [2.05, 4.69) is 22.2 Å². The number of hydrogen-bond donors (Lipinski definition) is 2. The van der Waals surface area contributed by atoms with Crippen LogP contribution in [0, 0.1) is 0 Å². The van der Waals surface area contributed by atoms with Crippen molar-refractivity contribution in [3.05, 3.63) is 83.9 Å². The number of alkyl halides is 1. The summed E-state index contributed by atoms with van der Waals surface area (Å²) in [6.07, 6.45) is 9.11. The number of thiophene rings is 1. The minimum atomic E-state index is -2.12. The molecule has 4 heterocycles. The van der Waals surface area contributed by atoms with Gasteiger partial charge in [0.1, 0.15) is 9.71 Å². The number of carbonyl (C=O) groups is 3. The standard InChI is InChI=1S/C29H26FN5O3S/c1-2-22(36)34-15-7-11-20(17-34)32-26(37)25-24-23-21(12-14-31-27(23)39-25)35(28(38)33-24)29(30)13-6-10-19(16-29)18-8-4-3-5-9-18/h2-6,8-10,12-14,20H,1,7,11,15-17H2,(H,32,37)(H,33,38)/t20?,29-/m1/s1. The van der Waals surface area contributed by atoms with Gasteiger partial charge in [0.2, 0.25) is 11.7 Å². The number of nitrogens with one attached hydrogen (secondary N) is 2. The van der Waals surface area contributed by atoms with Crippen molar-refractivity contribution in [3.8, 4) is 0 Å². The molecule has 2 aliphatic heterocycles.